The number of hydrogen-bond donors (Lipinski definition) is 1. The van der Waals surface area contributed by atoms with Gasteiger partial charge in [-0.1, -0.05) is 48.5 Å². The van der Waals surface area contributed by atoms with Crippen LogP contribution >= 0.6 is 0 Å². The summed E-state index contributed by atoms with van der Waals surface area (Å²) in [5.74, 6) is 0.783. The van der Waals surface area contributed by atoms with Gasteiger partial charge in [0.05, 0.1) is 0 Å². The molecule has 0 saturated carbocycles. The fourth-order valence-corrected chi connectivity index (χ4v) is 2.91. The minimum atomic E-state index is -1.01. The Morgan fingerprint density at radius 2 is 1.55 bits per heavy atom. The lowest BCUT2D eigenvalue weighted by atomic mass is 10.2. The van der Waals surface area contributed by atoms with Gasteiger partial charge in [0.1, 0.15) is 0 Å². The number of amides is 1. The van der Waals surface area contributed by atoms with E-state index in [0.29, 0.717) is 11.5 Å². The minimum Gasteiger partial charge on any atom is -0.326 e. The lowest BCUT2D eigenvalue weighted by Gasteiger charge is -2.05. The minimum absolute atomic E-state index is 0.0994. The van der Waals surface area contributed by atoms with Gasteiger partial charge in [-0.05, 0) is 17.7 Å². The average Bonchev–Trinajstić information content (AvgIpc) is 2.47. The molecule has 2 aromatic carbocycles. The first-order valence-electron chi connectivity index (χ1n) is 6.48. The predicted molar refractivity (Wildman–Crippen MR) is 82.8 cm³/mol. The van der Waals surface area contributed by atoms with Gasteiger partial charge in [0, 0.05) is 34.4 Å². The number of rotatable bonds is 6. The normalized spacial score (nSPS) is 11.8. The number of benzene rings is 2. The van der Waals surface area contributed by atoms with Crippen LogP contribution in [0, 0.1) is 0 Å². The van der Waals surface area contributed by atoms with Crippen LogP contribution in [0.2, 0.25) is 0 Å². The Labute approximate surface area is 121 Å². The van der Waals surface area contributed by atoms with Gasteiger partial charge < -0.3 is 5.32 Å². The molecule has 0 unspecified atom stereocenters. The van der Waals surface area contributed by atoms with Gasteiger partial charge in [0.25, 0.3) is 0 Å². The molecule has 0 radical (unpaired) electrons. The third kappa shape index (κ3) is 4.97. The highest BCUT2D eigenvalue weighted by atomic mass is 32.2. The molecule has 20 heavy (non-hydrogen) atoms. The van der Waals surface area contributed by atoms with Gasteiger partial charge in [0.15, 0.2) is 0 Å². The topological polar surface area (TPSA) is 46.2 Å². The summed E-state index contributed by atoms with van der Waals surface area (Å²) in [7, 11) is -1.01. The maximum atomic E-state index is 11.9. The van der Waals surface area contributed by atoms with Crippen LogP contribution in [-0.2, 0) is 21.3 Å². The van der Waals surface area contributed by atoms with Gasteiger partial charge in [-0.25, -0.2) is 0 Å². The van der Waals surface area contributed by atoms with Crippen LogP contribution in [0.1, 0.15) is 12.0 Å². The van der Waals surface area contributed by atoms with Crippen LogP contribution in [0.25, 0.3) is 0 Å². The zero-order valence-corrected chi connectivity index (χ0v) is 11.9. The summed E-state index contributed by atoms with van der Waals surface area (Å²) < 4.78 is 11.9. The van der Waals surface area contributed by atoms with Crippen molar-refractivity contribution < 1.29 is 9.00 Å². The van der Waals surface area contributed by atoms with E-state index in [9.17, 15) is 9.00 Å². The number of carbonyl (C=O) groups excluding carboxylic acids is 1. The summed E-state index contributed by atoms with van der Waals surface area (Å²) in [4.78, 5) is 11.7. The SMILES string of the molecule is O=C(CC[S@@](=O)Cc1ccccc1)Nc1ccccc1. The fraction of sp³-hybridized carbons (Fsp3) is 0.188. The molecule has 1 atom stereocenters. The second-order valence-electron chi connectivity index (χ2n) is 4.44. The fourth-order valence-electron chi connectivity index (χ4n) is 1.78. The molecule has 0 aliphatic heterocycles. The van der Waals surface area contributed by atoms with E-state index in [1.807, 2.05) is 60.7 Å². The number of nitrogens with one attached hydrogen (secondary N) is 1. The first kappa shape index (κ1) is 14.5. The third-order valence-corrected chi connectivity index (χ3v) is 4.10. The van der Waals surface area contributed by atoms with Crippen molar-refractivity contribution in [2.75, 3.05) is 11.1 Å². The van der Waals surface area contributed by atoms with Crippen molar-refractivity contribution in [3.05, 3.63) is 66.2 Å². The Morgan fingerprint density at radius 1 is 0.950 bits per heavy atom. The molecule has 0 heterocycles. The second kappa shape index (κ2) is 7.60. The monoisotopic (exact) mass is 287 g/mol. The maximum absolute atomic E-state index is 11.9. The molecule has 4 heteroatoms. The molecule has 104 valence electrons. The van der Waals surface area contributed by atoms with Crippen molar-refractivity contribution in [1.29, 1.82) is 0 Å². The number of para-hydroxylation sites is 1. The molecule has 0 fully saturated rings. The summed E-state index contributed by atoms with van der Waals surface area (Å²) >= 11 is 0. The maximum Gasteiger partial charge on any atom is 0.225 e. The lowest BCUT2D eigenvalue weighted by Crippen LogP contribution is -2.15. The largest absolute Gasteiger partial charge is 0.326 e. The van der Waals surface area contributed by atoms with Crippen molar-refractivity contribution >= 4 is 22.4 Å². The van der Waals surface area contributed by atoms with Crippen molar-refractivity contribution in [3.8, 4) is 0 Å². The number of carbonyl (C=O) groups is 1. The lowest BCUT2D eigenvalue weighted by molar-refractivity contribution is -0.115. The van der Waals surface area contributed by atoms with Gasteiger partial charge in [-0.15, -0.1) is 0 Å². The number of anilines is 1. The van der Waals surface area contributed by atoms with E-state index in [2.05, 4.69) is 5.32 Å². The Morgan fingerprint density at radius 3 is 2.20 bits per heavy atom. The molecule has 0 aromatic heterocycles. The Bertz CT molecular complexity index is 516. The molecule has 0 spiro atoms. The molecule has 1 amide bonds. The highest BCUT2D eigenvalue weighted by Gasteiger charge is 2.06. The predicted octanol–water partition coefficient (Wildman–Crippen LogP) is 2.96. The molecular formula is C16H17NO2S. The highest BCUT2D eigenvalue weighted by molar-refractivity contribution is 7.84. The van der Waals surface area contributed by atoms with E-state index in [-0.39, 0.29) is 12.3 Å². The van der Waals surface area contributed by atoms with Gasteiger partial charge >= 0.3 is 0 Å². The zero-order valence-electron chi connectivity index (χ0n) is 11.1. The quantitative estimate of drug-likeness (QED) is 0.888. The Kier molecular flexibility index (Phi) is 5.50. The van der Waals surface area contributed by atoms with Gasteiger partial charge in [0.2, 0.25) is 5.91 Å². The van der Waals surface area contributed by atoms with Crippen LogP contribution in [0.5, 0.6) is 0 Å². The van der Waals surface area contributed by atoms with E-state index in [1.165, 1.54) is 0 Å². The first-order valence-corrected chi connectivity index (χ1v) is 7.96. The smallest absolute Gasteiger partial charge is 0.225 e. The molecule has 2 rings (SSSR count). The Hall–Kier alpha value is -1.94. The summed E-state index contributed by atoms with van der Waals surface area (Å²) in [5.41, 5.74) is 1.81. The summed E-state index contributed by atoms with van der Waals surface area (Å²) in [5, 5.41) is 2.79. The highest BCUT2D eigenvalue weighted by Crippen LogP contribution is 2.07. The molecule has 0 saturated heterocycles. The van der Waals surface area contributed by atoms with Crippen molar-refractivity contribution in [1.82, 2.24) is 0 Å². The van der Waals surface area contributed by atoms with Crippen LogP contribution < -0.4 is 5.32 Å². The summed E-state index contributed by atoms with van der Waals surface area (Å²) in [6.45, 7) is 0. The summed E-state index contributed by atoms with van der Waals surface area (Å²) in [6, 6.07) is 19.0. The van der Waals surface area contributed by atoms with E-state index in [4.69, 9.17) is 0 Å². The van der Waals surface area contributed by atoms with Crippen molar-refractivity contribution in [3.63, 3.8) is 0 Å². The zero-order chi connectivity index (χ0) is 14.2. The van der Waals surface area contributed by atoms with Crippen molar-refractivity contribution in [2.45, 2.75) is 12.2 Å². The van der Waals surface area contributed by atoms with Gasteiger partial charge in [-0.2, -0.15) is 0 Å². The standard InChI is InChI=1S/C16H17NO2S/c18-16(17-15-9-5-2-6-10-15)11-12-20(19)13-14-7-3-1-4-8-14/h1-10H,11-13H2,(H,17,18)/t20-/m1/s1. The molecule has 1 N–H and O–H groups in total. The molecule has 0 aliphatic carbocycles. The Balaban J connectivity index is 1.75. The van der Waals surface area contributed by atoms with Crippen LogP contribution in [0.4, 0.5) is 5.69 Å². The summed E-state index contributed by atoms with van der Waals surface area (Å²) in [6.07, 6.45) is 0.272. The molecule has 0 aliphatic rings. The average molecular weight is 287 g/mol. The van der Waals surface area contributed by atoms with E-state index in [1.54, 1.807) is 0 Å². The molecular weight excluding hydrogens is 270 g/mol. The second-order valence-corrected chi connectivity index (χ2v) is 6.01. The van der Waals surface area contributed by atoms with Crippen LogP contribution in [0.3, 0.4) is 0 Å². The van der Waals surface area contributed by atoms with Gasteiger partial charge in [-0.3, -0.25) is 9.00 Å². The molecule has 3 nitrogen and oxygen atoms in total. The van der Waals surface area contributed by atoms with E-state index < -0.39 is 10.8 Å². The van der Waals surface area contributed by atoms with Crippen molar-refractivity contribution in [2.24, 2.45) is 0 Å². The van der Waals surface area contributed by atoms with E-state index in [0.717, 1.165) is 11.3 Å². The molecule has 2 aromatic rings. The van der Waals surface area contributed by atoms with Crippen LogP contribution in [0.15, 0.2) is 60.7 Å². The van der Waals surface area contributed by atoms with Crippen LogP contribution in [-0.4, -0.2) is 15.9 Å². The van der Waals surface area contributed by atoms with E-state index >= 15 is 0 Å². The first-order chi connectivity index (χ1) is 9.74. The number of hydrogen-bond acceptors (Lipinski definition) is 2. The molecule has 0 bridgehead atoms. The third-order valence-electron chi connectivity index (χ3n) is 2.78.